The molecule has 12 heteroatoms. The number of carbonyl (C=O) groups is 3. The number of ether oxygens (including phenoxy) is 2. The number of nitrogens with zero attached hydrogens (tertiary/aromatic N) is 5. The summed E-state index contributed by atoms with van der Waals surface area (Å²) in [5.74, 6) is 2.40. The molecular formula is C35H49N7O5. The first-order chi connectivity index (χ1) is 22.5. The fraction of sp³-hybridized carbons (Fsp3) is 0.629. The Morgan fingerprint density at radius 3 is 2.53 bits per heavy atom. The number of hydrogen-bond donors (Lipinski definition) is 2. The first-order valence-electron chi connectivity index (χ1n) is 17.1. The summed E-state index contributed by atoms with van der Waals surface area (Å²) in [5, 5.41) is 6.52. The molecule has 4 atom stereocenters. The third-order valence-electron chi connectivity index (χ3n) is 10.2. The Balaban J connectivity index is 1.13. The van der Waals surface area contributed by atoms with E-state index in [1.165, 1.54) is 0 Å². The maximum atomic E-state index is 13.4. The minimum atomic E-state index is -0.521. The lowest BCUT2D eigenvalue weighted by Crippen LogP contribution is -2.55. The molecule has 0 unspecified atom stereocenters. The molecule has 3 heterocycles. The molecule has 4 aliphatic rings. The number of fused-ring (bicyclic) bond motifs is 2. The number of likely N-dealkylation sites (N-methyl/N-ethyl adjacent to an activating group) is 1. The van der Waals surface area contributed by atoms with Gasteiger partial charge in [-0.25, -0.2) is 9.78 Å². The summed E-state index contributed by atoms with van der Waals surface area (Å²) in [6, 6.07) is 5.38. The van der Waals surface area contributed by atoms with Crippen LogP contribution in [0.25, 0.3) is 0 Å². The van der Waals surface area contributed by atoms with Gasteiger partial charge >= 0.3 is 6.09 Å². The van der Waals surface area contributed by atoms with Crippen LogP contribution in [0.1, 0.15) is 89.4 Å². The number of rotatable bonds is 7. The molecule has 12 nitrogen and oxygen atoms in total. The quantitative estimate of drug-likeness (QED) is 0.400. The van der Waals surface area contributed by atoms with E-state index in [1.54, 1.807) is 37.4 Å². The number of methoxy groups -OCH3 is 1. The highest BCUT2D eigenvalue weighted by atomic mass is 16.6. The minimum absolute atomic E-state index is 0.0450. The van der Waals surface area contributed by atoms with E-state index < -0.39 is 5.60 Å². The number of carbonyl (C=O) groups excluding carboxylic acids is 3. The molecule has 2 aliphatic carbocycles. The van der Waals surface area contributed by atoms with Gasteiger partial charge in [-0.05, 0) is 89.3 Å². The summed E-state index contributed by atoms with van der Waals surface area (Å²) in [7, 11) is 3.36. The number of anilines is 4. The average Bonchev–Trinajstić information content (AvgIpc) is 3.71. The van der Waals surface area contributed by atoms with Crippen molar-refractivity contribution in [2.24, 2.45) is 11.8 Å². The number of nitrogens with one attached hydrogen (secondary N) is 2. The summed E-state index contributed by atoms with van der Waals surface area (Å²) in [6.45, 7) is 9.04. The third-order valence-corrected chi connectivity index (χ3v) is 10.2. The normalized spacial score (nSPS) is 24.6. The molecule has 3 fully saturated rings. The molecule has 6 rings (SSSR count). The molecule has 3 amide bonds. The number of amides is 3. The van der Waals surface area contributed by atoms with E-state index in [0.29, 0.717) is 60.0 Å². The molecule has 0 spiro atoms. The molecule has 0 radical (unpaired) electrons. The fourth-order valence-corrected chi connectivity index (χ4v) is 7.86. The first-order valence-corrected chi connectivity index (χ1v) is 17.1. The molecule has 1 saturated heterocycles. The SMILES string of the molecule is CC[C@@H]1C(=O)N(C)c2cnc(Nc3ccc(C(=O)N[C@H]4C[C@@H]5CCN(C(=O)OC(C)(C)C)C[C@@H]5C4)cc3OC)nc2N1C1CCCC1. The van der Waals surface area contributed by atoms with Gasteiger partial charge in [-0.1, -0.05) is 19.8 Å². The van der Waals surface area contributed by atoms with Crippen molar-refractivity contribution in [3.63, 3.8) is 0 Å². The van der Waals surface area contributed by atoms with Crippen molar-refractivity contribution in [2.45, 2.75) is 103 Å². The number of benzene rings is 1. The Labute approximate surface area is 277 Å². The summed E-state index contributed by atoms with van der Waals surface area (Å²) >= 11 is 0. The zero-order valence-electron chi connectivity index (χ0n) is 28.5. The summed E-state index contributed by atoms with van der Waals surface area (Å²) in [5.41, 5.74) is 1.33. The molecule has 2 N–H and O–H groups in total. The van der Waals surface area contributed by atoms with Gasteiger partial charge < -0.3 is 34.8 Å². The van der Waals surface area contributed by atoms with Crippen LogP contribution in [-0.2, 0) is 9.53 Å². The molecule has 254 valence electrons. The van der Waals surface area contributed by atoms with Crippen molar-refractivity contribution in [3.8, 4) is 5.75 Å². The average molecular weight is 648 g/mol. The predicted molar refractivity (Wildman–Crippen MR) is 180 cm³/mol. The maximum absolute atomic E-state index is 13.4. The second kappa shape index (κ2) is 13.2. The first kappa shape index (κ1) is 32.8. The lowest BCUT2D eigenvalue weighted by molar-refractivity contribution is -0.120. The van der Waals surface area contributed by atoms with Crippen molar-refractivity contribution >= 4 is 41.0 Å². The standard InChI is InChI=1S/C35H49N7O5/c1-7-27-32(44)40(5)28-19-36-33(39-30(28)42(27)25-10-8-9-11-25)38-26-13-12-22(18-29(26)46-6)31(43)37-24-16-21-14-15-41(20-23(21)17-24)34(45)47-35(2,3)4/h12-13,18-19,21,23-25,27H,7-11,14-17,20H2,1-6H3,(H,37,43)(H,36,38,39)/t21-,23-,24-,27+/m0/s1. The number of hydrogen-bond acceptors (Lipinski definition) is 9. The van der Waals surface area contributed by atoms with Gasteiger partial charge in [-0.3, -0.25) is 9.59 Å². The van der Waals surface area contributed by atoms with Crippen LogP contribution in [0.5, 0.6) is 5.75 Å². The Morgan fingerprint density at radius 1 is 1.09 bits per heavy atom. The van der Waals surface area contributed by atoms with Gasteiger partial charge in [0.1, 0.15) is 23.1 Å². The molecule has 1 aromatic heterocycles. The highest BCUT2D eigenvalue weighted by molar-refractivity contribution is 6.04. The Bertz CT molecular complexity index is 1500. The molecule has 2 aromatic rings. The largest absolute Gasteiger partial charge is 0.495 e. The van der Waals surface area contributed by atoms with Gasteiger partial charge in [0.05, 0.1) is 19.0 Å². The maximum Gasteiger partial charge on any atom is 0.410 e. The summed E-state index contributed by atoms with van der Waals surface area (Å²) in [4.78, 5) is 54.4. The van der Waals surface area contributed by atoms with Crippen LogP contribution >= 0.6 is 0 Å². The van der Waals surface area contributed by atoms with Crippen molar-refractivity contribution < 1.29 is 23.9 Å². The zero-order valence-corrected chi connectivity index (χ0v) is 28.5. The van der Waals surface area contributed by atoms with E-state index >= 15 is 0 Å². The summed E-state index contributed by atoms with van der Waals surface area (Å²) < 4.78 is 11.3. The Morgan fingerprint density at radius 2 is 1.83 bits per heavy atom. The van der Waals surface area contributed by atoms with Gasteiger partial charge in [0, 0.05) is 37.8 Å². The van der Waals surface area contributed by atoms with E-state index in [0.717, 1.165) is 50.8 Å². The Kier molecular flexibility index (Phi) is 9.22. The van der Waals surface area contributed by atoms with Crippen LogP contribution in [0.15, 0.2) is 24.4 Å². The number of piperidine rings is 1. The third kappa shape index (κ3) is 6.82. The summed E-state index contributed by atoms with van der Waals surface area (Å²) in [6.07, 6.45) is 9.20. The molecule has 2 saturated carbocycles. The highest BCUT2D eigenvalue weighted by Gasteiger charge is 2.42. The predicted octanol–water partition coefficient (Wildman–Crippen LogP) is 5.50. The van der Waals surface area contributed by atoms with Crippen LogP contribution in [0, 0.1) is 11.8 Å². The number of aromatic nitrogens is 2. The lowest BCUT2D eigenvalue weighted by Gasteiger charge is -2.43. The van der Waals surface area contributed by atoms with E-state index in [-0.39, 0.29) is 36.0 Å². The number of likely N-dealkylation sites (tertiary alicyclic amines) is 1. The van der Waals surface area contributed by atoms with Crippen LogP contribution in [0.2, 0.25) is 0 Å². The van der Waals surface area contributed by atoms with Crippen LogP contribution in [0.3, 0.4) is 0 Å². The second-order valence-electron chi connectivity index (χ2n) is 14.5. The van der Waals surface area contributed by atoms with Gasteiger partial charge in [-0.2, -0.15) is 4.98 Å². The Hall–Kier alpha value is -4.09. The van der Waals surface area contributed by atoms with Crippen molar-refractivity contribution in [1.29, 1.82) is 0 Å². The topological polar surface area (TPSA) is 129 Å². The van der Waals surface area contributed by atoms with Gasteiger partial charge in [0.25, 0.3) is 5.91 Å². The second-order valence-corrected chi connectivity index (χ2v) is 14.5. The van der Waals surface area contributed by atoms with Gasteiger partial charge in [0.15, 0.2) is 5.82 Å². The lowest BCUT2D eigenvalue weighted by atomic mass is 9.89. The van der Waals surface area contributed by atoms with Crippen LogP contribution < -0.4 is 25.2 Å². The molecule has 1 aromatic carbocycles. The smallest absolute Gasteiger partial charge is 0.410 e. The van der Waals surface area contributed by atoms with Gasteiger partial charge in [0.2, 0.25) is 11.9 Å². The fourth-order valence-electron chi connectivity index (χ4n) is 7.86. The van der Waals surface area contributed by atoms with Gasteiger partial charge in [-0.15, -0.1) is 0 Å². The van der Waals surface area contributed by atoms with Crippen molar-refractivity contribution in [3.05, 3.63) is 30.0 Å². The molecular weight excluding hydrogens is 598 g/mol. The van der Waals surface area contributed by atoms with Crippen LogP contribution in [-0.4, -0.2) is 83.7 Å². The van der Waals surface area contributed by atoms with E-state index in [1.807, 2.05) is 38.7 Å². The zero-order chi connectivity index (χ0) is 33.5. The van der Waals surface area contributed by atoms with E-state index in [4.69, 9.17) is 14.5 Å². The monoisotopic (exact) mass is 647 g/mol. The molecule has 0 bridgehead atoms. The van der Waals surface area contributed by atoms with Crippen molar-refractivity contribution in [1.82, 2.24) is 20.2 Å². The van der Waals surface area contributed by atoms with E-state index in [9.17, 15) is 14.4 Å². The van der Waals surface area contributed by atoms with Crippen molar-refractivity contribution in [2.75, 3.05) is 42.4 Å². The molecule has 47 heavy (non-hydrogen) atoms. The highest BCUT2D eigenvalue weighted by Crippen LogP contribution is 2.41. The van der Waals surface area contributed by atoms with Crippen LogP contribution in [0.4, 0.5) is 27.9 Å². The minimum Gasteiger partial charge on any atom is -0.495 e. The van der Waals surface area contributed by atoms with E-state index in [2.05, 4.69) is 20.5 Å². The molecule has 2 aliphatic heterocycles.